The van der Waals surface area contributed by atoms with Crippen molar-refractivity contribution in [3.63, 3.8) is 0 Å². The van der Waals surface area contributed by atoms with Gasteiger partial charge in [-0.25, -0.2) is 0 Å². The normalized spacial score (nSPS) is 51.6. The Balaban J connectivity index is 1.59. The molecule has 0 aromatic carbocycles. The largest absolute Gasteiger partial charge is 0.346 e. The summed E-state index contributed by atoms with van der Waals surface area (Å²) in [5.41, 5.74) is 0. The van der Waals surface area contributed by atoms with Gasteiger partial charge in [0.05, 0.1) is 20.1 Å². The van der Waals surface area contributed by atoms with Crippen molar-refractivity contribution < 1.29 is 18.9 Å². The van der Waals surface area contributed by atoms with Crippen molar-refractivity contribution in [1.82, 2.24) is 0 Å². The molecule has 6 aliphatic rings. The number of ether oxygens (including phenoxy) is 4. The standard InChI is InChI=1S/C25H28Cl8O4/c1-5-34-24(35-6-2)20(30)12-10-9-11(13(12)21(24,31)17(27)16(20)26)15-14(10)22(32)18(28)19(29)23(15,33)25(22,36-7-3)37-8-4/h10-15H,5-9H2,1-4H3/t10?,11?,12-,13-,14+,15+,20-,21-,22-,23-/m0/s1. The van der Waals surface area contributed by atoms with Crippen LogP contribution in [0.2, 0.25) is 0 Å². The van der Waals surface area contributed by atoms with Gasteiger partial charge in [0.15, 0.2) is 0 Å². The number of fused-ring (bicyclic) bond motifs is 16. The fourth-order valence-corrected chi connectivity index (χ4v) is 14.0. The summed E-state index contributed by atoms with van der Waals surface area (Å²) in [4.78, 5) is -5.32. The minimum Gasteiger partial charge on any atom is -0.346 e. The monoisotopic (exact) mass is 672 g/mol. The Morgan fingerprint density at radius 2 is 0.730 bits per heavy atom. The second-order valence-electron chi connectivity index (χ2n) is 10.7. The zero-order valence-electron chi connectivity index (χ0n) is 20.7. The molecule has 6 bridgehead atoms. The first kappa shape index (κ1) is 28.7. The lowest BCUT2D eigenvalue weighted by molar-refractivity contribution is -0.252. The van der Waals surface area contributed by atoms with Gasteiger partial charge >= 0.3 is 0 Å². The molecule has 37 heavy (non-hydrogen) atoms. The second-order valence-corrected chi connectivity index (χ2v) is 14.6. The van der Waals surface area contributed by atoms with Crippen LogP contribution in [0.4, 0.5) is 0 Å². The van der Waals surface area contributed by atoms with Crippen LogP contribution in [0.15, 0.2) is 20.1 Å². The Labute approximate surface area is 257 Å². The smallest absolute Gasteiger partial charge is 0.218 e. The van der Waals surface area contributed by atoms with Gasteiger partial charge in [-0.3, -0.25) is 0 Å². The van der Waals surface area contributed by atoms with Crippen molar-refractivity contribution in [2.24, 2.45) is 35.5 Å². The fraction of sp³-hybridized carbons (Fsp3) is 0.840. The van der Waals surface area contributed by atoms with Gasteiger partial charge in [-0.2, -0.15) is 0 Å². The highest BCUT2D eigenvalue weighted by atomic mass is 35.5. The highest BCUT2D eigenvalue weighted by Gasteiger charge is 2.96. The minimum absolute atomic E-state index is 0.103. The topological polar surface area (TPSA) is 36.9 Å². The lowest BCUT2D eigenvalue weighted by Crippen LogP contribution is -2.61. The molecular formula is C25H28Cl8O4. The Bertz CT molecular complexity index is 950. The SMILES string of the molecule is CCOC1(OCC)[C@@]2(Cl)C(Cl)=C(Cl)[C@@]1(Cl)[C@@H]1C3CC([C@H]12)[C@H]1[C@H]3[C@]2(Cl)C(Cl)=C(Cl)[C@]1(Cl)C2(OCC)OCC. The van der Waals surface area contributed by atoms with Gasteiger partial charge in [0, 0.05) is 26.4 Å². The first-order valence-electron chi connectivity index (χ1n) is 12.8. The van der Waals surface area contributed by atoms with Crippen LogP contribution < -0.4 is 0 Å². The molecule has 12 heteroatoms. The third kappa shape index (κ3) is 2.52. The van der Waals surface area contributed by atoms with Crippen molar-refractivity contribution >= 4 is 92.8 Å². The predicted molar refractivity (Wildman–Crippen MR) is 149 cm³/mol. The Hall–Kier alpha value is 1.64. The van der Waals surface area contributed by atoms with Crippen LogP contribution in [0.1, 0.15) is 34.1 Å². The minimum atomic E-state index is -1.47. The van der Waals surface area contributed by atoms with Crippen molar-refractivity contribution in [3.05, 3.63) is 20.1 Å². The van der Waals surface area contributed by atoms with Gasteiger partial charge in [0.2, 0.25) is 11.6 Å². The highest BCUT2D eigenvalue weighted by molar-refractivity contribution is 6.53. The molecule has 4 fully saturated rings. The van der Waals surface area contributed by atoms with E-state index in [4.69, 9.17) is 112 Å². The third-order valence-corrected chi connectivity index (χ3v) is 15.3. The van der Waals surface area contributed by atoms with Gasteiger partial charge < -0.3 is 18.9 Å². The van der Waals surface area contributed by atoms with E-state index in [1.54, 1.807) is 0 Å². The molecule has 208 valence electrons. The van der Waals surface area contributed by atoms with E-state index in [1.165, 1.54) is 0 Å². The Morgan fingerprint density at radius 1 is 0.514 bits per heavy atom. The van der Waals surface area contributed by atoms with Crippen LogP contribution in [-0.4, -0.2) is 57.5 Å². The summed E-state index contributed by atoms with van der Waals surface area (Å²) in [6, 6.07) is 0. The van der Waals surface area contributed by atoms with Crippen LogP contribution in [0.3, 0.4) is 0 Å². The van der Waals surface area contributed by atoms with Gasteiger partial charge in [-0.05, 0) is 69.6 Å². The number of hydrogen-bond acceptors (Lipinski definition) is 4. The molecule has 0 aliphatic heterocycles. The maximum atomic E-state index is 7.62. The first-order valence-corrected chi connectivity index (χ1v) is 15.8. The molecule has 10 atom stereocenters. The van der Waals surface area contributed by atoms with E-state index in [2.05, 4.69) is 0 Å². The molecule has 6 rings (SSSR count). The molecule has 0 heterocycles. The van der Waals surface area contributed by atoms with Crippen LogP contribution >= 0.6 is 92.8 Å². The zero-order valence-corrected chi connectivity index (χ0v) is 26.7. The van der Waals surface area contributed by atoms with Gasteiger partial charge in [-0.15, -0.1) is 46.4 Å². The van der Waals surface area contributed by atoms with E-state index in [-0.39, 0.29) is 55.6 Å². The molecule has 0 saturated heterocycles. The molecule has 0 spiro atoms. The average Bonchev–Trinajstić information content (AvgIpc) is 3.57. The molecule has 0 aromatic rings. The molecule has 0 N–H and O–H groups in total. The lowest BCUT2D eigenvalue weighted by atomic mass is 9.61. The van der Waals surface area contributed by atoms with E-state index in [0.29, 0.717) is 26.4 Å². The summed E-state index contributed by atoms with van der Waals surface area (Å²) in [6.07, 6.45) is 0.752. The molecular weight excluding hydrogens is 648 g/mol. The Kier molecular flexibility index (Phi) is 6.68. The summed E-state index contributed by atoms with van der Waals surface area (Å²) in [7, 11) is 0. The number of halogens is 8. The molecule has 6 aliphatic carbocycles. The van der Waals surface area contributed by atoms with Crippen LogP contribution in [0, 0.1) is 35.5 Å². The summed E-state index contributed by atoms with van der Waals surface area (Å²) in [5.74, 6) is -4.24. The first-order chi connectivity index (χ1) is 17.3. The zero-order chi connectivity index (χ0) is 27.1. The quantitative estimate of drug-likeness (QED) is 0.149. The molecule has 4 nitrogen and oxygen atoms in total. The lowest BCUT2D eigenvalue weighted by Gasteiger charge is -2.48. The summed E-state index contributed by atoms with van der Waals surface area (Å²) < 4.78 is 25.4. The van der Waals surface area contributed by atoms with Crippen molar-refractivity contribution in [3.8, 4) is 0 Å². The summed E-state index contributed by atoms with van der Waals surface area (Å²) in [5, 5.41) is 1.02. The number of alkyl halides is 4. The van der Waals surface area contributed by atoms with E-state index in [1.807, 2.05) is 27.7 Å². The average molecular weight is 676 g/mol. The molecule has 0 amide bonds. The third-order valence-electron chi connectivity index (χ3n) is 9.97. The van der Waals surface area contributed by atoms with E-state index >= 15 is 0 Å². The summed E-state index contributed by atoms with van der Waals surface area (Å²) >= 11 is 58.3. The number of hydrogen-bond donors (Lipinski definition) is 0. The van der Waals surface area contributed by atoms with Crippen molar-refractivity contribution in [1.29, 1.82) is 0 Å². The van der Waals surface area contributed by atoms with Crippen molar-refractivity contribution in [2.75, 3.05) is 26.4 Å². The Morgan fingerprint density at radius 3 is 0.919 bits per heavy atom. The maximum absolute atomic E-state index is 7.62. The molecule has 0 radical (unpaired) electrons. The van der Waals surface area contributed by atoms with Crippen LogP contribution in [-0.2, 0) is 18.9 Å². The van der Waals surface area contributed by atoms with Crippen LogP contribution in [0.5, 0.6) is 0 Å². The molecule has 2 unspecified atom stereocenters. The van der Waals surface area contributed by atoms with Gasteiger partial charge in [0.1, 0.15) is 19.5 Å². The highest BCUT2D eigenvalue weighted by Crippen LogP contribution is 2.89. The number of rotatable bonds is 8. The van der Waals surface area contributed by atoms with Crippen LogP contribution in [0.25, 0.3) is 0 Å². The van der Waals surface area contributed by atoms with Crippen molar-refractivity contribution in [2.45, 2.75) is 65.2 Å². The van der Waals surface area contributed by atoms with E-state index < -0.39 is 31.1 Å². The summed E-state index contributed by atoms with van der Waals surface area (Å²) in [6.45, 7) is 8.66. The second kappa shape index (κ2) is 8.60. The van der Waals surface area contributed by atoms with Gasteiger partial charge in [0.25, 0.3) is 0 Å². The molecule has 0 aromatic heterocycles. The van der Waals surface area contributed by atoms with E-state index in [0.717, 1.165) is 6.42 Å². The predicted octanol–water partition coefficient (Wildman–Crippen LogP) is 7.98. The van der Waals surface area contributed by atoms with E-state index in [9.17, 15) is 0 Å². The molecule has 4 saturated carbocycles. The van der Waals surface area contributed by atoms with Gasteiger partial charge in [-0.1, -0.05) is 46.4 Å². The maximum Gasteiger partial charge on any atom is 0.218 e. The fourth-order valence-electron chi connectivity index (χ4n) is 9.53.